The van der Waals surface area contributed by atoms with E-state index in [2.05, 4.69) is 20.6 Å². The number of para-hydroxylation sites is 1. The topological polar surface area (TPSA) is 126 Å². The summed E-state index contributed by atoms with van der Waals surface area (Å²) in [5.74, 6) is 0.817. The van der Waals surface area contributed by atoms with E-state index in [9.17, 15) is 14.4 Å². The predicted molar refractivity (Wildman–Crippen MR) is 140 cm³/mol. The fourth-order valence-electron chi connectivity index (χ4n) is 3.88. The Morgan fingerprint density at radius 1 is 1.08 bits per heavy atom. The number of nitrogens with zero attached hydrogens (tertiary/aromatic N) is 3. The van der Waals surface area contributed by atoms with Gasteiger partial charge in [0, 0.05) is 11.3 Å². The number of carbonyl (C=O) groups is 3. The molecule has 2 N–H and O–H groups in total. The smallest absolute Gasteiger partial charge is 0.259 e. The van der Waals surface area contributed by atoms with Crippen molar-refractivity contribution in [3.05, 3.63) is 78.3 Å². The number of rotatable bonds is 8. The van der Waals surface area contributed by atoms with Gasteiger partial charge in [0.2, 0.25) is 11.8 Å². The van der Waals surface area contributed by atoms with E-state index < -0.39 is 6.04 Å². The Morgan fingerprint density at radius 3 is 2.65 bits per heavy atom. The van der Waals surface area contributed by atoms with E-state index in [1.807, 2.05) is 24.3 Å². The quantitative estimate of drug-likeness (QED) is 0.472. The van der Waals surface area contributed by atoms with Gasteiger partial charge in [0.15, 0.2) is 5.17 Å². The Balaban J connectivity index is 1.27. The van der Waals surface area contributed by atoms with Gasteiger partial charge in [0.05, 0.1) is 37.8 Å². The number of furan rings is 1. The van der Waals surface area contributed by atoms with Gasteiger partial charge >= 0.3 is 0 Å². The van der Waals surface area contributed by atoms with Crippen molar-refractivity contribution in [1.82, 2.24) is 10.2 Å². The van der Waals surface area contributed by atoms with Crippen molar-refractivity contribution in [2.24, 2.45) is 9.98 Å². The average molecular weight is 518 g/mol. The molecular weight excluding hydrogens is 494 g/mol. The summed E-state index contributed by atoms with van der Waals surface area (Å²) in [5.41, 5.74) is 1.97. The van der Waals surface area contributed by atoms with Crippen LogP contribution in [0.5, 0.6) is 5.75 Å². The van der Waals surface area contributed by atoms with Gasteiger partial charge in [0.25, 0.3) is 5.91 Å². The highest BCUT2D eigenvalue weighted by atomic mass is 32.2. The van der Waals surface area contributed by atoms with Crippen LogP contribution in [0.3, 0.4) is 0 Å². The highest BCUT2D eigenvalue weighted by molar-refractivity contribution is 8.14. The minimum absolute atomic E-state index is 0.0262. The first-order chi connectivity index (χ1) is 18.0. The molecule has 37 heavy (non-hydrogen) atoms. The van der Waals surface area contributed by atoms with Crippen LogP contribution in [0, 0.1) is 0 Å². The number of benzene rings is 2. The van der Waals surface area contributed by atoms with Gasteiger partial charge < -0.3 is 19.8 Å². The van der Waals surface area contributed by atoms with E-state index in [0.717, 1.165) is 11.8 Å². The van der Waals surface area contributed by atoms with Crippen molar-refractivity contribution in [2.75, 3.05) is 18.2 Å². The molecule has 3 aromatic rings. The molecule has 3 heterocycles. The second kappa shape index (κ2) is 10.7. The third kappa shape index (κ3) is 5.41. The van der Waals surface area contributed by atoms with E-state index in [1.165, 1.54) is 11.2 Å². The standard InChI is InChI=1S/C26H23N5O5S/c1-35-17-10-8-16(9-11-17)28-23(33)15-37-26-30-20-7-3-2-6-19(20)24-29-21(25(34)31(24)26)13-22(32)27-14-18-5-4-12-36-18/h2-12,21H,13-15H2,1H3,(H,27,32)(H,28,33)/t21-/m1/s1. The maximum atomic E-state index is 13.3. The number of ether oxygens (including phenoxy) is 1. The maximum Gasteiger partial charge on any atom is 0.259 e. The summed E-state index contributed by atoms with van der Waals surface area (Å²) in [6.07, 6.45) is 1.41. The van der Waals surface area contributed by atoms with Gasteiger partial charge in [0.1, 0.15) is 23.4 Å². The molecule has 0 bridgehead atoms. The summed E-state index contributed by atoms with van der Waals surface area (Å²) < 4.78 is 10.4. The molecule has 1 aromatic heterocycles. The van der Waals surface area contributed by atoms with Crippen molar-refractivity contribution in [3.63, 3.8) is 0 Å². The van der Waals surface area contributed by atoms with Crippen LogP contribution in [0.2, 0.25) is 0 Å². The van der Waals surface area contributed by atoms with Crippen LogP contribution in [0.1, 0.15) is 17.7 Å². The van der Waals surface area contributed by atoms with E-state index >= 15 is 0 Å². The van der Waals surface area contributed by atoms with Gasteiger partial charge in [-0.15, -0.1) is 0 Å². The second-order valence-electron chi connectivity index (χ2n) is 8.18. The zero-order chi connectivity index (χ0) is 25.8. The molecule has 1 atom stereocenters. The van der Waals surface area contributed by atoms with Crippen LogP contribution in [-0.2, 0) is 20.9 Å². The third-order valence-electron chi connectivity index (χ3n) is 5.67. The monoisotopic (exact) mass is 517 g/mol. The Hall–Kier alpha value is -4.38. The number of anilines is 1. The van der Waals surface area contributed by atoms with Gasteiger partial charge in [-0.05, 0) is 48.5 Å². The van der Waals surface area contributed by atoms with Gasteiger partial charge in [-0.3, -0.25) is 19.4 Å². The summed E-state index contributed by atoms with van der Waals surface area (Å²) in [7, 11) is 1.57. The van der Waals surface area contributed by atoms with Crippen LogP contribution in [-0.4, -0.2) is 52.5 Å². The fraction of sp³-hybridized carbons (Fsp3) is 0.192. The Kier molecular flexibility index (Phi) is 7.04. The van der Waals surface area contributed by atoms with Crippen molar-refractivity contribution in [1.29, 1.82) is 0 Å². The molecule has 188 valence electrons. The van der Waals surface area contributed by atoms with E-state index in [4.69, 9.17) is 9.15 Å². The molecule has 0 saturated heterocycles. The van der Waals surface area contributed by atoms with Crippen LogP contribution in [0.15, 0.2) is 81.3 Å². The number of aliphatic imine (C=N–C) groups is 2. The van der Waals surface area contributed by atoms with Crippen LogP contribution >= 0.6 is 11.8 Å². The highest BCUT2D eigenvalue weighted by Crippen LogP contribution is 2.34. The number of methoxy groups -OCH3 is 1. The zero-order valence-electron chi connectivity index (χ0n) is 19.8. The molecule has 10 nitrogen and oxygen atoms in total. The number of amides is 3. The van der Waals surface area contributed by atoms with Gasteiger partial charge in [-0.25, -0.2) is 9.89 Å². The van der Waals surface area contributed by atoms with E-state index in [-0.39, 0.29) is 36.4 Å². The molecule has 0 radical (unpaired) electrons. The predicted octanol–water partition coefficient (Wildman–Crippen LogP) is 3.33. The lowest BCUT2D eigenvalue weighted by Gasteiger charge is -2.25. The Bertz CT molecular complexity index is 1380. The number of fused-ring (bicyclic) bond motifs is 3. The second-order valence-corrected chi connectivity index (χ2v) is 9.12. The van der Waals surface area contributed by atoms with Crippen molar-refractivity contribution < 1.29 is 23.5 Å². The highest BCUT2D eigenvalue weighted by Gasteiger charge is 2.42. The normalized spacial score (nSPS) is 15.9. The summed E-state index contributed by atoms with van der Waals surface area (Å²) >= 11 is 1.13. The summed E-state index contributed by atoms with van der Waals surface area (Å²) in [4.78, 5) is 49.0. The number of hydrogen-bond acceptors (Lipinski definition) is 8. The number of amidine groups is 2. The lowest BCUT2D eigenvalue weighted by Crippen LogP contribution is -2.42. The molecule has 0 fully saturated rings. The van der Waals surface area contributed by atoms with E-state index in [0.29, 0.717) is 39.5 Å². The zero-order valence-corrected chi connectivity index (χ0v) is 20.7. The molecular formula is C26H23N5O5S. The van der Waals surface area contributed by atoms with Crippen molar-refractivity contribution >= 4 is 51.9 Å². The largest absolute Gasteiger partial charge is 0.497 e. The summed E-state index contributed by atoms with van der Waals surface area (Å²) in [5, 5.41) is 5.90. The first-order valence-corrected chi connectivity index (χ1v) is 12.5. The SMILES string of the molecule is COc1ccc(NC(=O)CSC2=Nc3ccccc3C3=N[C@H](CC(=O)NCc4ccco4)C(=O)N23)cc1. The third-order valence-corrected chi connectivity index (χ3v) is 6.61. The fourth-order valence-corrected chi connectivity index (χ4v) is 4.68. The van der Waals surface area contributed by atoms with E-state index in [1.54, 1.807) is 43.5 Å². The van der Waals surface area contributed by atoms with Crippen LogP contribution in [0.4, 0.5) is 11.4 Å². The van der Waals surface area contributed by atoms with Crippen LogP contribution < -0.4 is 15.4 Å². The molecule has 2 aromatic carbocycles. The summed E-state index contributed by atoms with van der Waals surface area (Å²) in [6, 6.07) is 16.9. The molecule has 2 aliphatic heterocycles. The first-order valence-electron chi connectivity index (χ1n) is 11.5. The molecule has 0 unspecified atom stereocenters. The molecule has 0 aliphatic carbocycles. The molecule has 0 spiro atoms. The minimum Gasteiger partial charge on any atom is -0.497 e. The number of nitrogens with one attached hydrogen (secondary N) is 2. The van der Waals surface area contributed by atoms with Gasteiger partial charge in [-0.1, -0.05) is 23.9 Å². The number of thioether (sulfide) groups is 1. The minimum atomic E-state index is -0.892. The summed E-state index contributed by atoms with van der Waals surface area (Å²) in [6.45, 7) is 0.224. The van der Waals surface area contributed by atoms with Gasteiger partial charge in [-0.2, -0.15) is 0 Å². The lowest BCUT2D eigenvalue weighted by atomic mass is 10.1. The maximum absolute atomic E-state index is 13.3. The molecule has 3 amide bonds. The molecule has 2 aliphatic rings. The van der Waals surface area contributed by atoms with Crippen LogP contribution in [0.25, 0.3) is 0 Å². The Labute approximate surface area is 216 Å². The lowest BCUT2D eigenvalue weighted by molar-refractivity contribution is -0.128. The molecule has 0 saturated carbocycles. The Morgan fingerprint density at radius 2 is 1.89 bits per heavy atom. The van der Waals surface area contributed by atoms with Crippen molar-refractivity contribution in [2.45, 2.75) is 19.0 Å². The first kappa shape index (κ1) is 24.3. The number of hydrogen-bond donors (Lipinski definition) is 2. The molecule has 5 rings (SSSR count). The molecule has 11 heteroatoms. The van der Waals surface area contributed by atoms with Crippen molar-refractivity contribution in [3.8, 4) is 5.75 Å². The number of carbonyl (C=O) groups excluding carboxylic acids is 3. The average Bonchev–Trinajstić information content (AvgIpc) is 3.55.